The average Bonchev–Trinajstić information content (AvgIpc) is 2.93. The summed E-state index contributed by atoms with van der Waals surface area (Å²) in [5.41, 5.74) is 2.71. The molecule has 0 amide bonds. The smallest absolute Gasteiger partial charge is 0.135 e. The van der Waals surface area contributed by atoms with Crippen LogP contribution in [0.4, 0.5) is 5.82 Å². The molecule has 2 heterocycles. The third-order valence-corrected chi connectivity index (χ3v) is 4.51. The van der Waals surface area contributed by atoms with Crippen molar-refractivity contribution in [3.63, 3.8) is 0 Å². The van der Waals surface area contributed by atoms with Gasteiger partial charge in [-0.1, -0.05) is 13.8 Å². The van der Waals surface area contributed by atoms with Crippen molar-refractivity contribution in [3.05, 3.63) is 17.6 Å². The van der Waals surface area contributed by atoms with Crippen LogP contribution >= 0.6 is 0 Å². The van der Waals surface area contributed by atoms with Gasteiger partial charge in [-0.15, -0.1) is 0 Å². The summed E-state index contributed by atoms with van der Waals surface area (Å²) in [7, 11) is 0. The van der Waals surface area contributed by atoms with E-state index in [0.29, 0.717) is 12.1 Å². The Morgan fingerprint density at radius 2 is 2.15 bits per heavy atom. The first-order chi connectivity index (χ1) is 9.75. The van der Waals surface area contributed by atoms with E-state index < -0.39 is 0 Å². The maximum absolute atomic E-state index is 4.64. The Hall–Kier alpha value is -1.16. The zero-order valence-electron chi connectivity index (χ0n) is 12.7. The molecular formula is C16H26N4. The van der Waals surface area contributed by atoms with Gasteiger partial charge in [0, 0.05) is 36.4 Å². The number of nitrogens with zero attached hydrogens (tertiary/aromatic N) is 3. The van der Waals surface area contributed by atoms with Crippen LogP contribution in [-0.4, -0.2) is 35.1 Å². The van der Waals surface area contributed by atoms with Crippen molar-refractivity contribution in [2.24, 2.45) is 0 Å². The van der Waals surface area contributed by atoms with Crippen molar-refractivity contribution < 1.29 is 0 Å². The molecule has 1 aliphatic heterocycles. The molecule has 4 nitrogen and oxygen atoms in total. The van der Waals surface area contributed by atoms with Crippen LogP contribution in [0.15, 0.2) is 6.33 Å². The minimum absolute atomic E-state index is 0.551. The number of anilines is 1. The molecule has 1 unspecified atom stereocenters. The van der Waals surface area contributed by atoms with Gasteiger partial charge >= 0.3 is 0 Å². The summed E-state index contributed by atoms with van der Waals surface area (Å²) in [5, 5.41) is 3.60. The molecule has 1 atom stereocenters. The Balaban J connectivity index is 1.81. The second-order valence-corrected chi connectivity index (χ2v) is 6.38. The molecule has 0 spiro atoms. The molecule has 0 radical (unpaired) electrons. The third-order valence-electron chi connectivity index (χ3n) is 4.51. The molecule has 1 N–H and O–H groups in total. The molecular weight excluding hydrogens is 248 g/mol. The van der Waals surface area contributed by atoms with E-state index >= 15 is 0 Å². The number of hydrogen-bond donors (Lipinski definition) is 1. The van der Waals surface area contributed by atoms with Gasteiger partial charge in [-0.25, -0.2) is 9.97 Å². The first kappa shape index (κ1) is 13.8. The highest BCUT2D eigenvalue weighted by atomic mass is 15.2. The van der Waals surface area contributed by atoms with Gasteiger partial charge in [0.15, 0.2) is 0 Å². The maximum Gasteiger partial charge on any atom is 0.135 e. The van der Waals surface area contributed by atoms with Gasteiger partial charge in [-0.3, -0.25) is 0 Å². The number of aryl methyl sites for hydroxylation is 1. The molecule has 1 aromatic rings. The molecule has 1 aliphatic carbocycles. The fourth-order valence-electron chi connectivity index (χ4n) is 3.45. The normalized spacial score (nSPS) is 22.4. The highest BCUT2D eigenvalue weighted by molar-refractivity contribution is 5.51. The van der Waals surface area contributed by atoms with Gasteiger partial charge in [-0.2, -0.15) is 0 Å². The minimum atomic E-state index is 0.551. The molecule has 1 saturated heterocycles. The topological polar surface area (TPSA) is 41.0 Å². The summed E-state index contributed by atoms with van der Waals surface area (Å²) < 4.78 is 0. The lowest BCUT2D eigenvalue weighted by Gasteiger charge is -2.38. The molecule has 1 fully saturated rings. The Morgan fingerprint density at radius 1 is 1.25 bits per heavy atom. The van der Waals surface area contributed by atoms with Gasteiger partial charge in [-0.05, 0) is 38.5 Å². The quantitative estimate of drug-likeness (QED) is 0.915. The van der Waals surface area contributed by atoms with Gasteiger partial charge < -0.3 is 10.2 Å². The zero-order valence-corrected chi connectivity index (χ0v) is 12.7. The molecule has 110 valence electrons. The van der Waals surface area contributed by atoms with Crippen molar-refractivity contribution in [2.45, 2.75) is 64.5 Å². The van der Waals surface area contributed by atoms with E-state index in [4.69, 9.17) is 0 Å². The lowest BCUT2D eigenvalue weighted by molar-refractivity contribution is 0.418. The lowest BCUT2D eigenvalue weighted by atomic mass is 10.0. The highest BCUT2D eigenvalue weighted by Gasteiger charge is 2.28. The number of aromatic nitrogens is 2. The zero-order chi connectivity index (χ0) is 13.9. The number of fused-ring (bicyclic) bond motifs is 1. The van der Waals surface area contributed by atoms with E-state index in [-0.39, 0.29) is 0 Å². The predicted octanol–water partition coefficient (Wildman–Crippen LogP) is 2.32. The molecule has 0 bridgehead atoms. The van der Waals surface area contributed by atoms with Crippen LogP contribution < -0.4 is 10.2 Å². The van der Waals surface area contributed by atoms with E-state index in [2.05, 4.69) is 34.0 Å². The van der Waals surface area contributed by atoms with Crippen LogP contribution in [0.5, 0.6) is 0 Å². The van der Waals surface area contributed by atoms with Gasteiger partial charge in [0.2, 0.25) is 0 Å². The standard InChI is InChI=1S/C16H26N4/c1-12(2)17-10-13-6-3-4-9-20(13)16-14-7-5-8-15(14)18-11-19-16/h11-13,17H,3-10H2,1-2H3. The third kappa shape index (κ3) is 2.80. The molecule has 3 rings (SSSR count). The molecule has 2 aliphatic rings. The summed E-state index contributed by atoms with van der Waals surface area (Å²) >= 11 is 0. The van der Waals surface area contributed by atoms with Crippen molar-refractivity contribution in [1.29, 1.82) is 0 Å². The Labute approximate surface area is 122 Å². The minimum Gasteiger partial charge on any atom is -0.352 e. The van der Waals surface area contributed by atoms with Gasteiger partial charge in [0.1, 0.15) is 12.1 Å². The van der Waals surface area contributed by atoms with E-state index in [0.717, 1.165) is 25.9 Å². The van der Waals surface area contributed by atoms with Crippen molar-refractivity contribution in [1.82, 2.24) is 15.3 Å². The summed E-state index contributed by atoms with van der Waals surface area (Å²) in [6.45, 7) is 6.65. The van der Waals surface area contributed by atoms with Gasteiger partial charge in [0.25, 0.3) is 0 Å². The Kier molecular flexibility index (Phi) is 4.20. The van der Waals surface area contributed by atoms with Crippen molar-refractivity contribution in [3.8, 4) is 0 Å². The SMILES string of the molecule is CC(C)NCC1CCCCN1c1ncnc2c1CCC2. The maximum atomic E-state index is 4.64. The molecule has 0 aromatic carbocycles. The average molecular weight is 274 g/mol. The Morgan fingerprint density at radius 3 is 3.00 bits per heavy atom. The molecule has 1 aromatic heterocycles. The lowest BCUT2D eigenvalue weighted by Crippen LogP contribution is -2.47. The van der Waals surface area contributed by atoms with E-state index in [1.54, 1.807) is 6.33 Å². The van der Waals surface area contributed by atoms with Crippen LogP contribution in [0.2, 0.25) is 0 Å². The summed E-state index contributed by atoms with van der Waals surface area (Å²) in [4.78, 5) is 11.6. The van der Waals surface area contributed by atoms with Crippen LogP contribution in [0, 0.1) is 0 Å². The Bertz CT molecular complexity index is 458. The van der Waals surface area contributed by atoms with Gasteiger partial charge in [0.05, 0.1) is 0 Å². The van der Waals surface area contributed by atoms with E-state index in [1.807, 2.05) is 0 Å². The summed E-state index contributed by atoms with van der Waals surface area (Å²) in [5.74, 6) is 1.22. The fourth-order valence-corrected chi connectivity index (χ4v) is 3.45. The summed E-state index contributed by atoms with van der Waals surface area (Å²) in [6, 6.07) is 1.14. The number of piperidine rings is 1. The number of rotatable bonds is 4. The van der Waals surface area contributed by atoms with Crippen LogP contribution in [0.25, 0.3) is 0 Å². The van der Waals surface area contributed by atoms with Crippen molar-refractivity contribution in [2.75, 3.05) is 18.0 Å². The monoisotopic (exact) mass is 274 g/mol. The van der Waals surface area contributed by atoms with Crippen molar-refractivity contribution >= 4 is 5.82 Å². The highest BCUT2D eigenvalue weighted by Crippen LogP contribution is 2.31. The van der Waals surface area contributed by atoms with Crippen LogP contribution in [0.1, 0.15) is 50.8 Å². The number of nitrogens with one attached hydrogen (secondary N) is 1. The van der Waals surface area contributed by atoms with E-state index in [1.165, 1.54) is 42.8 Å². The first-order valence-electron chi connectivity index (χ1n) is 8.08. The second-order valence-electron chi connectivity index (χ2n) is 6.38. The van der Waals surface area contributed by atoms with Crippen LogP contribution in [0.3, 0.4) is 0 Å². The van der Waals surface area contributed by atoms with E-state index in [9.17, 15) is 0 Å². The molecule has 0 saturated carbocycles. The number of hydrogen-bond acceptors (Lipinski definition) is 4. The summed E-state index contributed by atoms with van der Waals surface area (Å²) in [6.07, 6.45) is 9.20. The van der Waals surface area contributed by atoms with Crippen LogP contribution in [-0.2, 0) is 12.8 Å². The molecule has 4 heteroatoms. The largest absolute Gasteiger partial charge is 0.352 e. The molecule has 20 heavy (non-hydrogen) atoms. The fraction of sp³-hybridized carbons (Fsp3) is 0.750. The predicted molar refractivity (Wildman–Crippen MR) is 82.2 cm³/mol. The first-order valence-corrected chi connectivity index (χ1v) is 8.08. The second kappa shape index (κ2) is 6.08.